The lowest BCUT2D eigenvalue weighted by molar-refractivity contribution is 0.391. The highest BCUT2D eigenvalue weighted by Gasteiger charge is 2.22. The normalized spacial score (nSPS) is 10.1. The summed E-state index contributed by atoms with van der Waals surface area (Å²) in [5.41, 5.74) is 3.71. The van der Waals surface area contributed by atoms with Gasteiger partial charge in [-0.2, -0.15) is 0 Å². The van der Waals surface area contributed by atoms with Crippen LogP contribution in [0.3, 0.4) is 0 Å². The molecule has 1 aromatic carbocycles. The van der Waals surface area contributed by atoms with E-state index in [-0.39, 0.29) is 0 Å². The Labute approximate surface area is 227 Å². The average molecular weight is 545 g/mol. The van der Waals surface area contributed by atoms with Gasteiger partial charge in [0, 0.05) is 42.1 Å². The van der Waals surface area contributed by atoms with Crippen molar-refractivity contribution < 1.29 is 14.6 Å². The van der Waals surface area contributed by atoms with Crippen LogP contribution in [0.15, 0.2) is 36.7 Å². The number of pyridine rings is 1. The molecule has 4 aromatic rings. The fourth-order valence-electron chi connectivity index (χ4n) is 3.38. The molecule has 0 spiro atoms. The van der Waals surface area contributed by atoms with Gasteiger partial charge in [0.2, 0.25) is 5.95 Å². The molecular formula is C26H36N6O3S2. The number of aryl methyl sites for hydroxylation is 4. The molecule has 3 heterocycles. The van der Waals surface area contributed by atoms with Crippen molar-refractivity contribution in [2.75, 3.05) is 31.8 Å². The van der Waals surface area contributed by atoms with Crippen molar-refractivity contribution in [3.05, 3.63) is 57.8 Å². The minimum atomic E-state index is 0.575. The Morgan fingerprint density at radius 2 is 1.70 bits per heavy atom. The number of aromatic nitrogens is 5. The Hall–Kier alpha value is -3.15. The van der Waals surface area contributed by atoms with Gasteiger partial charge in [0.15, 0.2) is 5.82 Å². The first kappa shape index (κ1) is 30.1. The van der Waals surface area contributed by atoms with Crippen LogP contribution in [0, 0.1) is 20.8 Å². The van der Waals surface area contributed by atoms with Crippen molar-refractivity contribution in [3.63, 3.8) is 0 Å². The molecule has 0 saturated heterocycles. The maximum atomic E-state index is 7.00. The number of hydrogen-bond donors (Lipinski definition) is 2. The molecule has 200 valence electrons. The Bertz CT molecular complexity index is 1220. The van der Waals surface area contributed by atoms with Crippen LogP contribution >= 0.6 is 23.3 Å². The second kappa shape index (κ2) is 15.2. The minimum absolute atomic E-state index is 0.575. The van der Waals surface area contributed by atoms with Gasteiger partial charge in [-0.3, -0.25) is 14.3 Å². The van der Waals surface area contributed by atoms with Crippen LogP contribution in [0.2, 0.25) is 0 Å². The van der Waals surface area contributed by atoms with Gasteiger partial charge in [-0.15, -0.1) is 21.5 Å². The van der Waals surface area contributed by atoms with E-state index in [0.29, 0.717) is 23.3 Å². The molecule has 37 heavy (non-hydrogen) atoms. The Morgan fingerprint density at radius 1 is 1.03 bits per heavy atom. The summed E-state index contributed by atoms with van der Waals surface area (Å²) in [6, 6.07) is 7.69. The summed E-state index contributed by atoms with van der Waals surface area (Å²) in [5.74, 6) is 3.36. The lowest BCUT2D eigenvalue weighted by Crippen LogP contribution is -2.07. The van der Waals surface area contributed by atoms with Gasteiger partial charge in [0.25, 0.3) is 0 Å². The molecule has 9 nitrogen and oxygen atoms in total. The second-order valence-electron chi connectivity index (χ2n) is 7.39. The highest BCUT2D eigenvalue weighted by atomic mass is 32.2. The number of methoxy groups -OCH3 is 2. The van der Waals surface area contributed by atoms with Crippen molar-refractivity contribution in [1.29, 1.82) is 0 Å². The molecule has 0 aliphatic carbocycles. The molecule has 4 rings (SSSR count). The lowest BCUT2D eigenvalue weighted by atomic mass is 10.2. The van der Waals surface area contributed by atoms with Crippen molar-refractivity contribution >= 4 is 29.2 Å². The van der Waals surface area contributed by atoms with Gasteiger partial charge in [-0.1, -0.05) is 19.9 Å². The smallest absolute Gasteiger partial charge is 0.239 e. The number of aliphatic hydroxyl groups is 1. The maximum Gasteiger partial charge on any atom is 0.239 e. The van der Waals surface area contributed by atoms with E-state index in [4.69, 9.17) is 14.6 Å². The zero-order valence-electron chi connectivity index (χ0n) is 22.7. The topological polar surface area (TPSA) is 107 Å². The summed E-state index contributed by atoms with van der Waals surface area (Å²) < 4.78 is 16.6. The summed E-state index contributed by atoms with van der Waals surface area (Å²) >= 11 is 3.31. The summed E-state index contributed by atoms with van der Waals surface area (Å²) in [6.45, 7) is 10.1. The molecule has 0 radical (unpaired) electrons. The zero-order valence-corrected chi connectivity index (χ0v) is 24.3. The molecule has 3 aromatic heterocycles. The first-order valence-electron chi connectivity index (χ1n) is 11.9. The number of para-hydroxylation sites is 1. The molecule has 0 fully saturated rings. The van der Waals surface area contributed by atoms with E-state index in [2.05, 4.69) is 31.8 Å². The third-order valence-electron chi connectivity index (χ3n) is 5.08. The molecule has 0 atom stereocenters. The SMILES string of the molecule is CC.CO.COc1cccc(OC)c1-n1c(NSCCc2nc(C)c(C)s2)nnc1-c1cncc(C)c1. The van der Waals surface area contributed by atoms with Crippen LogP contribution in [-0.4, -0.2) is 56.9 Å². The summed E-state index contributed by atoms with van der Waals surface area (Å²) in [6.07, 6.45) is 4.46. The van der Waals surface area contributed by atoms with E-state index in [9.17, 15) is 0 Å². The van der Waals surface area contributed by atoms with Crippen molar-refractivity contribution in [2.45, 2.75) is 41.0 Å². The summed E-state index contributed by atoms with van der Waals surface area (Å²) in [4.78, 5) is 10.2. The quantitative estimate of drug-likeness (QED) is 0.204. The minimum Gasteiger partial charge on any atom is -0.494 e. The molecule has 2 N–H and O–H groups in total. The van der Waals surface area contributed by atoms with E-state index < -0.39 is 0 Å². The fraction of sp³-hybridized carbons (Fsp3) is 0.385. The number of anilines is 1. The van der Waals surface area contributed by atoms with E-state index in [0.717, 1.165) is 46.8 Å². The van der Waals surface area contributed by atoms with Crippen molar-refractivity contribution in [1.82, 2.24) is 24.7 Å². The lowest BCUT2D eigenvalue weighted by Gasteiger charge is -2.17. The Kier molecular flexibility index (Phi) is 12.3. The first-order valence-corrected chi connectivity index (χ1v) is 13.7. The van der Waals surface area contributed by atoms with E-state index >= 15 is 0 Å². The number of benzene rings is 1. The Balaban J connectivity index is 0.00000115. The highest BCUT2D eigenvalue weighted by molar-refractivity contribution is 8.00. The van der Waals surface area contributed by atoms with Gasteiger partial charge in [0.1, 0.15) is 17.2 Å². The van der Waals surface area contributed by atoms with Crippen molar-refractivity contribution in [3.8, 4) is 28.6 Å². The van der Waals surface area contributed by atoms with Crippen LogP contribution in [0.25, 0.3) is 17.1 Å². The van der Waals surface area contributed by atoms with Crippen LogP contribution in [0.1, 0.15) is 35.0 Å². The third kappa shape index (κ3) is 7.43. The van der Waals surface area contributed by atoms with Gasteiger partial charge >= 0.3 is 0 Å². The van der Waals surface area contributed by atoms with Gasteiger partial charge in [-0.25, -0.2) is 4.98 Å². The van der Waals surface area contributed by atoms with Gasteiger partial charge < -0.3 is 14.6 Å². The highest BCUT2D eigenvalue weighted by Crippen LogP contribution is 2.38. The summed E-state index contributed by atoms with van der Waals surface area (Å²) in [5, 5.41) is 17.1. The molecule has 0 unspecified atom stereocenters. The Morgan fingerprint density at radius 3 is 2.27 bits per heavy atom. The molecule has 11 heteroatoms. The number of aliphatic hydroxyl groups excluding tert-OH is 1. The fourth-order valence-corrected chi connectivity index (χ4v) is 5.10. The van der Waals surface area contributed by atoms with Crippen molar-refractivity contribution in [2.24, 2.45) is 0 Å². The largest absolute Gasteiger partial charge is 0.494 e. The molecule has 0 saturated carbocycles. The van der Waals surface area contributed by atoms with Crippen LogP contribution in [0.4, 0.5) is 5.95 Å². The van der Waals surface area contributed by atoms with Crippen LogP contribution in [0.5, 0.6) is 11.5 Å². The number of thiazole rings is 1. The second-order valence-corrected chi connectivity index (χ2v) is 9.58. The molecule has 0 bridgehead atoms. The van der Waals surface area contributed by atoms with Crippen LogP contribution in [-0.2, 0) is 6.42 Å². The monoisotopic (exact) mass is 544 g/mol. The molecule has 0 amide bonds. The maximum absolute atomic E-state index is 7.00. The number of nitrogens with zero attached hydrogens (tertiary/aromatic N) is 5. The summed E-state index contributed by atoms with van der Waals surface area (Å²) in [7, 11) is 4.27. The number of ether oxygens (including phenoxy) is 2. The van der Waals surface area contributed by atoms with E-state index in [1.807, 2.05) is 62.7 Å². The standard InChI is InChI=1S/C23H26N6O2S2.C2H6.CH4O/c1-14-11-17(13-24-12-14)22-26-27-23(28-32-10-9-20-25-15(2)16(3)33-20)29(22)21-18(30-4)7-6-8-19(21)31-5;2*1-2/h6-8,11-13H,9-10H2,1-5H3,(H,27,28);1-2H3;2H,1H3. The molecule has 0 aliphatic rings. The van der Waals surface area contributed by atoms with E-state index in [1.165, 1.54) is 4.88 Å². The predicted octanol–water partition coefficient (Wildman–Crippen LogP) is 5.67. The molecule has 0 aliphatic heterocycles. The average Bonchev–Trinajstić information content (AvgIpc) is 3.50. The van der Waals surface area contributed by atoms with Crippen LogP contribution < -0.4 is 14.2 Å². The number of nitrogens with one attached hydrogen (secondary N) is 1. The first-order chi connectivity index (χ1) is 18.0. The zero-order chi connectivity index (χ0) is 27.4. The van der Waals surface area contributed by atoms with Gasteiger partial charge in [0.05, 0.1) is 24.9 Å². The molecular weight excluding hydrogens is 508 g/mol. The number of hydrogen-bond acceptors (Lipinski definition) is 10. The predicted molar refractivity (Wildman–Crippen MR) is 153 cm³/mol. The van der Waals surface area contributed by atoms with Gasteiger partial charge in [-0.05, 0) is 56.5 Å². The third-order valence-corrected chi connectivity index (χ3v) is 6.94. The van der Waals surface area contributed by atoms with E-state index in [1.54, 1.807) is 43.7 Å². The number of rotatable bonds is 9.